The Labute approximate surface area is 145 Å². The van der Waals surface area contributed by atoms with Gasteiger partial charge in [-0.05, 0) is 36.4 Å². The molecule has 1 aromatic carbocycles. The van der Waals surface area contributed by atoms with E-state index in [1.807, 2.05) is 31.3 Å². The second-order valence-electron chi connectivity index (χ2n) is 6.91. The van der Waals surface area contributed by atoms with E-state index < -0.39 is 11.1 Å². The molecule has 6 heteroatoms. The number of likely N-dealkylation sites (tertiary alicyclic amines) is 1. The van der Waals surface area contributed by atoms with Crippen molar-refractivity contribution in [3.63, 3.8) is 0 Å². The minimum atomic E-state index is -0.678. The Hall–Kier alpha value is -2.31. The molecule has 3 aliphatic heterocycles. The Bertz CT molecular complexity index is 831. The molecule has 1 aliphatic carbocycles. The largest absolute Gasteiger partial charge is 0.460 e. The van der Waals surface area contributed by atoms with Crippen LogP contribution in [0, 0.1) is 0 Å². The van der Waals surface area contributed by atoms with Gasteiger partial charge in [-0.15, -0.1) is 0 Å². The molecule has 0 aromatic heterocycles. The maximum Gasteiger partial charge on any atom is 0.302 e. The van der Waals surface area contributed by atoms with Crippen LogP contribution in [0.4, 0.5) is 0 Å². The second kappa shape index (κ2) is 4.86. The molecule has 1 fully saturated rings. The molecule has 0 amide bonds. The van der Waals surface area contributed by atoms with E-state index in [-0.39, 0.29) is 18.9 Å². The fourth-order valence-electron chi connectivity index (χ4n) is 4.70. The van der Waals surface area contributed by atoms with Crippen LogP contribution in [0.2, 0.25) is 0 Å². The van der Waals surface area contributed by atoms with Gasteiger partial charge in [-0.2, -0.15) is 0 Å². The average Bonchev–Trinajstić information content (AvgIpc) is 3.14. The fraction of sp³-hybridized carbons (Fsp3) is 0.421. The van der Waals surface area contributed by atoms with E-state index in [2.05, 4.69) is 17.1 Å². The predicted octanol–water partition coefficient (Wildman–Crippen LogP) is 1.88. The number of hydrogen-bond acceptors (Lipinski definition) is 6. The molecular formula is C19H19NO5. The lowest BCUT2D eigenvalue weighted by molar-refractivity contribution is -0.158. The molecule has 0 radical (unpaired) electrons. The molecule has 0 saturated carbocycles. The zero-order chi connectivity index (χ0) is 17.2. The summed E-state index contributed by atoms with van der Waals surface area (Å²) in [5.74, 6) is 1.17. The van der Waals surface area contributed by atoms with Gasteiger partial charge in [-0.1, -0.05) is 18.2 Å². The normalized spacial score (nSPS) is 34.4. The number of fused-ring (bicyclic) bond motifs is 2. The number of allylic oxidation sites excluding steroid dienone is 2. The molecule has 1 aromatic rings. The SMILES string of the molecule is CC(=O)OC1CN(C)C23C=CC=CC12c1cc2c(cc1CO3)OCO2. The molecular weight excluding hydrogens is 322 g/mol. The minimum absolute atomic E-state index is 0.222. The highest BCUT2D eigenvalue weighted by molar-refractivity contribution is 5.67. The first-order valence-corrected chi connectivity index (χ1v) is 8.39. The first-order chi connectivity index (χ1) is 12.1. The molecule has 0 N–H and O–H groups in total. The third kappa shape index (κ3) is 1.73. The van der Waals surface area contributed by atoms with Crippen LogP contribution in [-0.2, 0) is 26.3 Å². The number of nitrogens with zero attached hydrogens (tertiary/aromatic N) is 1. The first-order valence-electron chi connectivity index (χ1n) is 8.39. The second-order valence-corrected chi connectivity index (χ2v) is 6.91. The van der Waals surface area contributed by atoms with Crippen molar-refractivity contribution in [2.24, 2.45) is 0 Å². The molecule has 3 unspecified atom stereocenters. The van der Waals surface area contributed by atoms with Gasteiger partial charge in [0.15, 0.2) is 17.2 Å². The lowest BCUT2D eigenvalue weighted by atomic mass is 9.65. The lowest BCUT2D eigenvalue weighted by Crippen LogP contribution is -2.60. The van der Waals surface area contributed by atoms with Crippen molar-refractivity contribution in [3.8, 4) is 11.5 Å². The molecule has 3 heterocycles. The van der Waals surface area contributed by atoms with Crippen molar-refractivity contribution < 1.29 is 23.7 Å². The fourth-order valence-corrected chi connectivity index (χ4v) is 4.70. The van der Waals surface area contributed by atoms with Crippen LogP contribution in [0.15, 0.2) is 36.4 Å². The summed E-state index contributed by atoms with van der Waals surface area (Å²) in [4.78, 5) is 13.9. The van der Waals surface area contributed by atoms with Gasteiger partial charge in [0, 0.05) is 13.5 Å². The van der Waals surface area contributed by atoms with E-state index in [0.717, 1.165) is 22.6 Å². The molecule has 3 atom stereocenters. The van der Waals surface area contributed by atoms with Gasteiger partial charge in [-0.25, -0.2) is 0 Å². The van der Waals surface area contributed by atoms with Crippen molar-refractivity contribution in [1.29, 1.82) is 0 Å². The van der Waals surface area contributed by atoms with E-state index in [4.69, 9.17) is 18.9 Å². The van der Waals surface area contributed by atoms with Crippen LogP contribution in [0.25, 0.3) is 0 Å². The summed E-state index contributed by atoms with van der Waals surface area (Å²) in [6, 6.07) is 4.00. The maximum atomic E-state index is 11.8. The number of hydrogen-bond donors (Lipinski definition) is 0. The Morgan fingerprint density at radius 1 is 1.24 bits per heavy atom. The lowest BCUT2D eigenvalue weighted by Gasteiger charge is -2.51. The molecule has 0 spiro atoms. The Balaban J connectivity index is 1.77. The summed E-state index contributed by atoms with van der Waals surface area (Å²) >= 11 is 0. The Kier molecular flexibility index (Phi) is 2.92. The van der Waals surface area contributed by atoms with Gasteiger partial charge in [0.2, 0.25) is 6.79 Å². The third-order valence-corrected chi connectivity index (χ3v) is 5.70. The van der Waals surface area contributed by atoms with E-state index in [1.165, 1.54) is 6.92 Å². The van der Waals surface area contributed by atoms with Gasteiger partial charge < -0.3 is 18.9 Å². The monoisotopic (exact) mass is 341 g/mol. The molecule has 130 valence electrons. The van der Waals surface area contributed by atoms with E-state index >= 15 is 0 Å². The molecule has 25 heavy (non-hydrogen) atoms. The van der Waals surface area contributed by atoms with Crippen molar-refractivity contribution in [3.05, 3.63) is 47.6 Å². The van der Waals surface area contributed by atoms with Gasteiger partial charge in [0.1, 0.15) is 6.10 Å². The molecule has 6 nitrogen and oxygen atoms in total. The number of benzene rings is 1. The van der Waals surface area contributed by atoms with Crippen LogP contribution in [0.1, 0.15) is 18.1 Å². The van der Waals surface area contributed by atoms with Crippen molar-refractivity contribution in [2.45, 2.75) is 30.8 Å². The minimum Gasteiger partial charge on any atom is -0.460 e. The molecule has 5 rings (SSSR count). The van der Waals surface area contributed by atoms with Crippen LogP contribution in [-0.4, -0.2) is 43.1 Å². The van der Waals surface area contributed by atoms with E-state index in [0.29, 0.717) is 13.2 Å². The predicted molar refractivity (Wildman–Crippen MR) is 88.2 cm³/mol. The van der Waals surface area contributed by atoms with Crippen LogP contribution in [0.3, 0.4) is 0 Å². The Morgan fingerprint density at radius 2 is 2.00 bits per heavy atom. The maximum absolute atomic E-state index is 11.8. The topological polar surface area (TPSA) is 57.2 Å². The van der Waals surface area contributed by atoms with Crippen LogP contribution < -0.4 is 9.47 Å². The third-order valence-electron chi connectivity index (χ3n) is 5.70. The summed E-state index contributed by atoms with van der Waals surface area (Å²) in [7, 11) is 2.00. The zero-order valence-corrected chi connectivity index (χ0v) is 14.2. The van der Waals surface area contributed by atoms with Crippen molar-refractivity contribution >= 4 is 5.97 Å². The highest BCUT2D eigenvalue weighted by Crippen LogP contribution is 2.57. The number of rotatable bonds is 1. The highest BCUT2D eigenvalue weighted by atomic mass is 16.7. The van der Waals surface area contributed by atoms with Crippen LogP contribution in [0.5, 0.6) is 11.5 Å². The standard InChI is InChI=1S/C19H19NO5/c1-12(21)25-17-9-20(2)19-6-4-3-5-18(17,19)14-8-16-15(22-11-23-16)7-13(14)10-24-19/h3-8,17H,9-11H2,1-2H3. The van der Waals surface area contributed by atoms with Crippen molar-refractivity contribution in [1.82, 2.24) is 4.90 Å². The summed E-state index contributed by atoms with van der Waals surface area (Å²) < 4.78 is 23.3. The smallest absolute Gasteiger partial charge is 0.302 e. The number of esters is 1. The number of carbonyl (C=O) groups is 1. The zero-order valence-electron chi connectivity index (χ0n) is 14.2. The summed E-state index contributed by atoms with van der Waals surface area (Å²) in [6.45, 7) is 2.72. The van der Waals surface area contributed by atoms with Gasteiger partial charge >= 0.3 is 5.97 Å². The quantitative estimate of drug-likeness (QED) is 0.727. The number of likely N-dealkylation sites (N-methyl/N-ethyl adjacent to an activating group) is 1. The number of carbonyl (C=O) groups excluding carboxylic acids is 1. The first kappa shape index (κ1) is 15.0. The highest BCUT2D eigenvalue weighted by Gasteiger charge is 2.67. The molecule has 0 bridgehead atoms. The number of ether oxygens (including phenoxy) is 4. The van der Waals surface area contributed by atoms with E-state index in [9.17, 15) is 4.79 Å². The molecule has 4 aliphatic rings. The summed E-state index contributed by atoms with van der Waals surface area (Å²) in [5, 5.41) is 0. The van der Waals surface area contributed by atoms with Crippen LogP contribution >= 0.6 is 0 Å². The van der Waals surface area contributed by atoms with Gasteiger partial charge in [0.05, 0.1) is 12.0 Å². The van der Waals surface area contributed by atoms with Crippen molar-refractivity contribution in [2.75, 3.05) is 20.4 Å². The average molecular weight is 341 g/mol. The summed E-state index contributed by atoms with van der Waals surface area (Å²) in [5.41, 5.74) is 0.811. The van der Waals surface area contributed by atoms with Gasteiger partial charge in [-0.3, -0.25) is 9.69 Å². The Morgan fingerprint density at radius 3 is 2.80 bits per heavy atom. The van der Waals surface area contributed by atoms with Gasteiger partial charge in [0.25, 0.3) is 0 Å². The molecule has 1 saturated heterocycles. The summed E-state index contributed by atoms with van der Waals surface area (Å²) in [6.07, 6.45) is 7.80. The van der Waals surface area contributed by atoms with E-state index in [1.54, 1.807) is 0 Å².